The molecule has 0 bridgehead atoms. The van der Waals surface area contributed by atoms with Gasteiger partial charge in [0.15, 0.2) is 11.5 Å². The van der Waals surface area contributed by atoms with Gasteiger partial charge in [0.05, 0.1) is 22.8 Å². The first-order valence-corrected chi connectivity index (χ1v) is 15.6. The number of nitrogens with zero attached hydrogens (tertiary/aromatic N) is 6. The Kier molecular flexibility index (Phi) is 7.72. The zero-order chi connectivity index (χ0) is 31.6. The number of imidazole rings is 1. The van der Waals surface area contributed by atoms with Crippen LogP contribution in [-0.4, -0.2) is 66.3 Å². The van der Waals surface area contributed by atoms with Crippen LogP contribution in [0.3, 0.4) is 0 Å². The number of aromatic nitrogens is 7. The van der Waals surface area contributed by atoms with Crippen molar-refractivity contribution in [2.45, 2.75) is 19.4 Å². The van der Waals surface area contributed by atoms with E-state index in [9.17, 15) is 4.39 Å². The number of halogens is 1. The van der Waals surface area contributed by atoms with E-state index < -0.39 is 5.82 Å². The lowest BCUT2D eigenvalue weighted by atomic mass is 10.1. The zero-order valence-electron chi connectivity index (χ0n) is 25.5. The maximum Gasteiger partial charge on any atom is 0.181 e. The molecule has 0 aliphatic carbocycles. The quantitative estimate of drug-likeness (QED) is 0.170. The number of hydrogen-bond donors (Lipinski definition) is 2. The van der Waals surface area contributed by atoms with Gasteiger partial charge in [-0.05, 0) is 61.8 Å². The van der Waals surface area contributed by atoms with Crippen molar-refractivity contribution < 1.29 is 13.9 Å². The predicted molar refractivity (Wildman–Crippen MR) is 177 cm³/mol. The summed E-state index contributed by atoms with van der Waals surface area (Å²) < 4.78 is 26.7. The molecule has 47 heavy (non-hydrogen) atoms. The van der Waals surface area contributed by atoms with Crippen molar-refractivity contribution in [2.24, 2.45) is 0 Å². The van der Waals surface area contributed by atoms with Gasteiger partial charge < -0.3 is 14.5 Å². The molecule has 1 saturated heterocycles. The first-order valence-electron chi connectivity index (χ1n) is 15.6. The van der Waals surface area contributed by atoms with Crippen LogP contribution in [0.15, 0.2) is 91.5 Å². The summed E-state index contributed by atoms with van der Waals surface area (Å²) in [7, 11) is 0. The number of likely N-dealkylation sites (tertiary alicyclic amines) is 1. The highest BCUT2D eigenvalue weighted by molar-refractivity contribution is 5.96. The Morgan fingerprint density at radius 2 is 1.68 bits per heavy atom. The molecular formula is C36H31FN8O2. The number of aromatic amines is 2. The average Bonchev–Trinajstić information content (AvgIpc) is 3.87. The Bertz CT molecular complexity index is 2180. The Morgan fingerprint density at radius 1 is 0.830 bits per heavy atom. The summed E-state index contributed by atoms with van der Waals surface area (Å²) in [6.07, 6.45) is 9.36. The van der Waals surface area contributed by atoms with Crippen molar-refractivity contribution in [1.29, 1.82) is 0 Å². The molecule has 8 rings (SSSR count). The van der Waals surface area contributed by atoms with E-state index in [2.05, 4.69) is 35.0 Å². The van der Waals surface area contributed by atoms with Crippen molar-refractivity contribution in [2.75, 3.05) is 26.2 Å². The van der Waals surface area contributed by atoms with E-state index in [-0.39, 0.29) is 0 Å². The molecule has 0 spiro atoms. The van der Waals surface area contributed by atoms with Crippen LogP contribution >= 0.6 is 0 Å². The zero-order valence-corrected chi connectivity index (χ0v) is 25.5. The van der Waals surface area contributed by atoms with Crippen molar-refractivity contribution >= 4 is 22.1 Å². The molecule has 7 aromatic rings. The van der Waals surface area contributed by atoms with E-state index in [0.717, 1.165) is 47.2 Å². The minimum atomic E-state index is -0.393. The smallest absolute Gasteiger partial charge is 0.181 e. The van der Waals surface area contributed by atoms with E-state index in [1.54, 1.807) is 24.8 Å². The van der Waals surface area contributed by atoms with Crippen molar-refractivity contribution in [3.8, 4) is 45.4 Å². The molecule has 5 aromatic heterocycles. The summed E-state index contributed by atoms with van der Waals surface area (Å²) >= 11 is 0. The highest BCUT2D eigenvalue weighted by Gasteiger charge is 2.18. The summed E-state index contributed by atoms with van der Waals surface area (Å²) in [5, 5.41) is 8.30. The first kappa shape index (κ1) is 28.8. The lowest BCUT2D eigenvalue weighted by Crippen LogP contribution is -2.25. The largest absolute Gasteiger partial charge is 0.492 e. The lowest BCUT2D eigenvalue weighted by Gasteiger charge is -2.15. The molecule has 1 fully saturated rings. The van der Waals surface area contributed by atoms with Gasteiger partial charge in [-0.2, -0.15) is 5.10 Å². The third kappa shape index (κ3) is 6.12. The van der Waals surface area contributed by atoms with Gasteiger partial charge in [-0.15, -0.1) is 0 Å². The summed E-state index contributed by atoms with van der Waals surface area (Å²) in [6, 6.07) is 20.5. The second kappa shape index (κ2) is 12.6. The van der Waals surface area contributed by atoms with Crippen molar-refractivity contribution in [1.82, 2.24) is 40.0 Å². The lowest BCUT2D eigenvalue weighted by molar-refractivity contribution is 0.237. The van der Waals surface area contributed by atoms with Crippen molar-refractivity contribution in [3.63, 3.8) is 0 Å². The molecular weight excluding hydrogens is 595 g/mol. The van der Waals surface area contributed by atoms with Crippen LogP contribution in [0.1, 0.15) is 18.4 Å². The van der Waals surface area contributed by atoms with E-state index >= 15 is 0 Å². The Balaban J connectivity index is 1.08. The third-order valence-electron chi connectivity index (χ3n) is 8.36. The average molecular weight is 627 g/mol. The maximum absolute atomic E-state index is 14.8. The molecule has 234 valence electrons. The van der Waals surface area contributed by atoms with Crippen LogP contribution < -0.4 is 9.47 Å². The number of nitrogens with one attached hydrogen (secondary N) is 2. The number of rotatable bonds is 10. The molecule has 1 aliphatic heterocycles. The van der Waals surface area contributed by atoms with Gasteiger partial charge >= 0.3 is 0 Å². The monoisotopic (exact) mass is 626 g/mol. The first-order chi connectivity index (χ1) is 23.2. The van der Waals surface area contributed by atoms with Crippen LogP contribution in [0, 0.1) is 5.82 Å². The van der Waals surface area contributed by atoms with Gasteiger partial charge in [-0.25, -0.2) is 14.4 Å². The standard InChI is InChI=1S/C36H31FN8O2/c37-27-14-24(15-28(18-27)46-13-12-45-10-4-5-11-45)32-34-31(8-9-39-32)41-36(42-34)33-30-17-26(20-40-35(30)44-43-33)25-16-29(21-38-19-25)47-22-23-6-2-1-3-7-23/h1-3,6-9,14-21H,4-5,10-13,22H2,(H,41,42)(H,40,43,44). The van der Waals surface area contributed by atoms with Gasteiger partial charge in [0.1, 0.15) is 41.7 Å². The van der Waals surface area contributed by atoms with Gasteiger partial charge in [0, 0.05) is 47.9 Å². The Morgan fingerprint density at radius 3 is 2.57 bits per heavy atom. The fourth-order valence-corrected chi connectivity index (χ4v) is 5.98. The Labute approximate surface area is 269 Å². The number of fused-ring (bicyclic) bond motifs is 2. The SMILES string of the molecule is Fc1cc(OCCN2CCCC2)cc(-c2nccc3[nH]c(-c4[nH]nc5ncc(-c6cncc(OCc7ccccc7)c6)cc45)nc23)c1. The molecule has 0 radical (unpaired) electrons. The van der Waals surface area contributed by atoms with E-state index in [1.807, 2.05) is 54.6 Å². The molecule has 11 heteroatoms. The molecule has 0 amide bonds. The summed E-state index contributed by atoms with van der Waals surface area (Å²) in [5.74, 6) is 1.30. The maximum atomic E-state index is 14.8. The molecule has 6 heterocycles. The predicted octanol–water partition coefficient (Wildman–Crippen LogP) is 6.82. The number of hydrogen-bond acceptors (Lipinski definition) is 8. The van der Waals surface area contributed by atoms with E-state index in [4.69, 9.17) is 14.5 Å². The minimum Gasteiger partial charge on any atom is -0.492 e. The third-order valence-corrected chi connectivity index (χ3v) is 8.36. The van der Waals surface area contributed by atoms with Crippen LogP contribution in [0.4, 0.5) is 4.39 Å². The van der Waals surface area contributed by atoms with Crippen LogP contribution in [0.5, 0.6) is 11.5 Å². The molecule has 2 aromatic carbocycles. The highest BCUT2D eigenvalue weighted by atomic mass is 19.1. The van der Waals surface area contributed by atoms with Crippen molar-refractivity contribution in [3.05, 3.63) is 103 Å². The van der Waals surface area contributed by atoms with Crippen LogP contribution in [-0.2, 0) is 6.61 Å². The molecule has 0 unspecified atom stereocenters. The fraction of sp³-hybridized carbons (Fsp3) is 0.194. The molecule has 1 aliphatic rings. The van der Waals surface area contributed by atoms with E-state index in [0.29, 0.717) is 58.7 Å². The van der Waals surface area contributed by atoms with E-state index in [1.165, 1.54) is 25.0 Å². The molecule has 10 nitrogen and oxygen atoms in total. The van der Waals surface area contributed by atoms with Gasteiger partial charge in [-0.1, -0.05) is 30.3 Å². The molecule has 0 saturated carbocycles. The van der Waals surface area contributed by atoms with Crippen LogP contribution in [0.2, 0.25) is 0 Å². The normalized spacial score (nSPS) is 13.5. The Hall–Kier alpha value is -5.68. The van der Waals surface area contributed by atoms with Gasteiger partial charge in [0.25, 0.3) is 0 Å². The number of benzene rings is 2. The summed E-state index contributed by atoms with van der Waals surface area (Å²) in [5.41, 5.74) is 6.51. The number of H-pyrrole nitrogens is 2. The minimum absolute atomic E-state index is 0.393. The number of ether oxygens (including phenoxy) is 2. The topological polar surface area (TPSA) is 118 Å². The summed E-state index contributed by atoms with van der Waals surface area (Å²) in [4.78, 5) is 24.2. The second-order valence-electron chi connectivity index (χ2n) is 11.6. The highest BCUT2D eigenvalue weighted by Crippen LogP contribution is 2.33. The van der Waals surface area contributed by atoms with Gasteiger partial charge in [0.2, 0.25) is 0 Å². The molecule has 0 atom stereocenters. The second-order valence-corrected chi connectivity index (χ2v) is 11.6. The number of pyridine rings is 3. The van der Waals surface area contributed by atoms with Crippen LogP contribution in [0.25, 0.3) is 56.0 Å². The summed E-state index contributed by atoms with van der Waals surface area (Å²) in [6.45, 7) is 3.93. The molecule has 2 N–H and O–H groups in total. The fourth-order valence-electron chi connectivity index (χ4n) is 5.98. The van der Waals surface area contributed by atoms with Gasteiger partial charge in [-0.3, -0.25) is 20.0 Å².